The summed E-state index contributed by atoms with van der Waals surface area (Å²) in [7, 11) is 0. The van der Waals surface area contributed by atoms with Crippen LogP contribution in [0.25, 0.3) is 0 Å². The lowest BCUT2D eigenvalue weighted by Gasteiger charge is -2.23. The number of cyclic esters (lactones) is 2. The van der Waals surface area contributed by atoms with E-state index in [1.54, 1.807) is 0 Å². The molecule has 1 fully saturated rings. The first-order valence-corrected chi connectivity index (χ1v) is 4.83. The molecule has 1 rings (SSSR count). The van der Waals surface area contributed by atoms with Gasteiger partial charge in [-0.05, 0) is 0 Å². The molecule has 0 spiro atoms. The highest BCUT2D eigenvalue weighted by atomic mass is 16.8. The molecule has 1 aliphatic heterocycles. The summed E-state index contributed by atoms with van der Waals surface area (Å²) in [5, 5.41) is 0. The summed E-state index contributed by atoms with van der Waals surface area (Å²) < 4.78 is 19.1. The Kier molecular flexibility index (Phi) is 5.15. The lowest BCUT2D eigenvalue weighted by molar-refractivity contribution is -0.153. The van der Waals surface area contributed by atoms with Crippen molar-refractivity contribution in [2.24, 2.45) is 0 Å². The molecular formula is C10H12O7. The third-order valence-electron chi connectivity index (χ3n) is 2.06. The van der Waals surface area contributed by atoms with Gasteiger partial charge in [0.05, 0.1) is 6.61 Å². The van der Waals surface area contributed by atoms with Crippen LogP contribution in [-0.2, 0) is 28.5 Å². The molecule has 0 saturated carbocycles. The van der Waals surface area contributed by atoms with Crippen molar-refractivity contribution in [3.63, 3.8) is 0 Å². The van der Waals surface area contributed by atoms with Crippen molar-refractivity contribution < 1.29 is 33.3 Å². The normalized spacial score (nSPS) is 21.9. The van der Waals surface area contributed by atoms with Gasteiger partial charge in [-0.1, -0.05) is 6.08 Å². The zero-order chi connectivity index (χ0) is 12.7. The molecule has 0 amide bonds. The second kappa shape index (κ2) is 6.64. The maximum absolute atomic E-state index is 10.8. The Hall–Kier alpha value is -1.89. The molecule has 0 radical (unpaired) electrons. The van der Waals surface area contributed by atoms with Crippen molar-refractivity contribution in [1.29, 1.82) is 0 Å². The van der Waals surface area contributed by atoms with E-state index in [0.717, 1.165) is 0 Å². The molecular weight excluding hydrogens is 232 g/mol. The number of hydrogen-bond donors (Lipinski definition) is 0. The molecule has 0 aliphatic carbocycles. The van der Waals surface area contributed by atoms with Crippen molar-refractivity contribution in [3.05, 3.63) is 12.7 Å². The van der Waals surface area contributed by atoms with Crippen LogP contribution in [-0.4, -0.2) is 50.4 Å². The maximum Gasteiger partial charge on any atom is 0.508 e. The number of carbonyl (C=O) groups excluding carboxylic acids is 3. The van der Waals surface area contributed by atoms with Gasteiger partial charge in [-0.3, -0.25) is 4.79 Å². The van der Waals surface area contributed by atoms with E-state index >= 15 is 0 Å². The van der Waals surface area contributed by atoms with E-state index < -0.39 is 24.5 Å². The first-order valence-electron chi connectivity index (χ1n) is 4.83. The first kappa shape index (κ1) is 13.2. The molecule has 94 valence electrons. The molecule has 0 N–H and O–H groups in total. The van der Waals surface area contributed by atoms with Crippen LogP contribution in [0.1, 0.15) is 0 Å². The number of aldehydes is 1. The average Bonchev–Trinajstić information content (AvgIpc) is 2.75. The number of ether oxygens (including phenoxy) is 4. The minimum atomic E-state index is -1.04. The van der Waals surface area contributed by atoms with Crippen LogP contribution in [0.15, 0.2) is 12.7 Å². The summed E-state index contributed by atoms with van der Waals surface area (Å²) >= 11 is 0. The fraction of sp³-hybridized carbons (Fsp3) is 0.500. The Bertz CT molecular complexity index is 301. The molecule has 3 atom stereocenters. The Morgan fingerprint density at radius 3 is 2.76 bits per heavy atom. The molecule has 1 aliphatic rings. The van der Waals surface area contributed by atoms with E-state index in [2.05, 4.69) is 11.3 Å². The van der Waals surface area contributed by atoms with Gasteiger partial charge in [0.15, 0.2) is 24.6 Å². The van der Waals surface area contributed by atoms with Gasteiger partial charge < -0.3 is 23.7 Å². The zero-order valence-corrected chi connectivity index (χ0v) is 8.94. The number of carbonyl (C=O) groups is 3. The lowest BCUT2D eigenvalue weighted by atomic mass is 10.1. The summed E-state index contributed by atoms with van der Waals surface area (Å²) in [6, 6.07) is 0. The molecule has 0 bridgehead atoms. The van der Waals surface area contributed by atoms with E-state index in [4.69, 9.17) is 14.2 Å². The Labute approximate surface area is 97.3 Å². The molecule has 0 unspecified atom stereocenters. The summed E-state index contributed by atoms with van der Waals surface area (Å²) in [6.07, 6.45) is -1.90. The van der Waals surface area contributed by atoms with Crippen molar-refractivity contribution in [3.8, 4) is 0 Å². The zero-order valence-electron chi connectivity index (χ0n) is 8.94. The predicted octanol–water partition coefficient (Wildman–Crippen LogP) is -0.167. The fourth-order valence-corrected chi connectivity index (χ4v) is 1.34. The molecule has 0 aromatic carbocycles. The van der Waals surface area contributed by atoms with Gasteiger partial charge in [0.1, 0.15) is 6.61 Å². The van der Waals surface area contributed by atoms with Gasteiger partial charge in [-0.15, -0.1) is 6.58 Å². The molecule has 0 aromatic rings. The molecule has 7 heteroatoms. The topological polar surface area (TPSA) is 88.1 Å². The molecule has 1 heterocycles. The molecule has 1 saturated heterocycles. The lowest BCUT2D eigenvalue weighted by Crippen LogP contribution is -2.43. The summed E-state index contributed by atoms with van der Waals surface area (Å²) in [5.74, 6) is 0. The van der Waals surface area contributed by atoms with Crippen molar-refractivity contribution in [2.75, 3.05) is 13.2 Å². The largest absolute Gasteiger partial charge is 0.508 e. The van der Waals surface area contributed by atoms with Gasteiger partial charge in [0.25, 0.3) is 6.47 Å². The van der Waals surface area contributed by atoms with Crippen LogP contribution in [0.4, 0.5) is 4.79 Å². The third-order valence-corrected chi connectivity index (χ3v) is 2.06. The van der Waals surface area contributed by atoms with Gasteiger partial charge in [0.2, 0.25) is 0 Å². The van der Waals surface area contributed by atoms with E-state index in [1.807, 2.05) is 0 Å². The molecule has 17 heavy (non-hydrogen) atoms. The Morgan fingerprint density at radius 1 is 1.53 bits per heavy atom. The Balaban J connectivity index is 2.67. The van der Waals surface area contributed by atoms with Gasteiger partial charge in [-0.25, -0.2) is 4.79 Å². The van der Waals surface area contributed by atoms with Gasteiger partial charge in [-0.2, -0.15) is 0 Å². The van der Waals surface area contributed by atoms with E-state index in [9.17, 15) is 14.4 Å². The minimum Gasteiger partial charge on any atom is -0.457 e. The van der Waals surface area contributed by atoms with Crippen molar-refractivity contribution in [1.82, 2.24) is 0 Å². The highest BCUT2D eigenvalue weighted by Crippen LogP contribution is 2.16. The molecule has 7 nitrogen and oxygen atoms in total. The SMILES string of the molecule is C=CCO[C@@H](C=O)[C@H](OC=O)[C@H]1COC(=O)O1. The van der Waals surface area contributed by atoms with Crippen LogP contribution in [0.2, 0.25) is 0 Å². The van der Waals surface area contributed by atoms with Crippen LogP contribution in [0.5, 0.6) is 0 Å². The van der Waals surface area contributed by atoms with Gasteiger partial charge in [0, 0.05) is 0 Å². The summed E-state index contributed by atoms with van der Waals surface area (Å²) in [5.41, 5.74) is 0. The van der Waals surface area contributed by atoms with E-state index in [-0.39, 0.29) is 19.7 Å². The fourth-order valence-electron chi connectivity index (χ4n) is 1.34. The second-order valence-corrected chi connectivity index (χ2v) is 3.14. The number of hydrogen-bond acceptors (Lipinski definition) is 7. The van der Waals surface area contributed by atoms with Crippen LogP contribution >= 0.6 is 0 Å². The highest BCUT2D eigenvalue weighted by molar-refractivity contribution is 5.63. The average molecular weight is 244 g/mol. The first-order chi connectivity index (χ1) is 8.22. The van der Waals surface area contributed by atoms with Crippen molar-refractivity contribution in [2.45, 2.75) is 18.3 Å². The molecule has 0 aromatic heterocycles. The quantitative estimate of drug-likeness (QED) is 0.333. The van der Waals surface area contributed by atoms with Crippen LogP contribution in [0.3, 0.4) is 0 Å². The predicted molar refractivity (Wildman–Crippen MR) is 53.2 cm³/mol. The van der Waals surface area contributed by atoms with Crippen LogP contribution in [0, 0.1) is 0 Å². The van der Waals surface area contributed by atoms with E-state index in [1.165, 1.54) is 6.08 Å². The third kappa shape index (κ3) is 3.56. The van der Waals surface area contributed by atoms with Crippen molar-refractivity contribution >= 4 is 18.9 Å². The maximum atomic E-state index is 10.8. The van der Waals surface area contributed by atoms with Gasteiger partial charge >= 0.3 is 6.16 Å². The summed E-state index contributed by atoms with van der Waals surface area (Å²) in [4.78, 5) is 31.9. The number of rotatable bonds is 8. The standard InChI is InChI=1S/C10H12O7/c1-2-3-14-7(4-11)9(16-6-12)8-5-15-10(13)17-8/h2,4,6-9H,1,3,5H2/t7-,8+,9-/m0/s1. The monoisotopic (exact) mass is 244 g/mol. The smallest absolute Gasteiger partial charge is 0.457 e. The Morgan fingerprint density at radius 2 is 2.29 bits per heavy atom. The van der Waals surface area contributed by atoms with E-state index in [0.29, 0.717) is 6.29 Å². The second-order valence-electron chi connectivity index (χ2n) is 3.14. The summed E-state index contributed by atoms with van der Waals surface area (Å²) in [6.45, 7) is 3.58. The van der Waals surface area contributed by atoms with Crippen LogP contribution < -0.4 is 0 Å². The highest BCUT2D eigenvalue weighted by Gasteiger charge is 2.39. The minimum absolute atomic E-state index is 0.0981.